The Morgan fingerprint density at radius 3 is 2.33 bits per heavy atom. The molecule has 0 unspecified atom stereocenters. The summed E-state index contributed by atoms with van der Waals surface area (Å²) in [4.78, 5) is 0. The van der Waals surface area contributed by atoms with E-state index < -0.39 is 0 Å². The van der Waals surface area contributed by atoms with Crippen LogP contribution in [0.4, 0.5) is 0 Å². The third kappa shape index (κ3) is 2.71. The zero-order valence-corrected chi connectivity index (χ0v) is 9.54. The van der Waals surface area contributed by atoms with Crippen molar-refractivity contribution in [1.82, 2.24) is 0 Å². The van der Waals surface area contributed by atoms with E-state index in [0.717, 1.165) is 12.1 Å². The van der Waals surface area contributed by atoms with Crippen LogP contribution in [0.2, 0.25) is 10.0 Å². The van der Waals surface area contributed by atoms with Gasteiger partial charge in [-0.2, -0.15) is 0 Å². The van der Waals surface area contributed by atoms with Crippen molar-refractivity contribution in [2.24, 2.45) is 0 Å². The van der Waals surface area contributed by atoms with Gasteiger partial charge in [0.1, 0.15) is 0 Å². The average Bonchev–Trinajstić information content (AvgIpc) is 2.25. The standard InChI is InChI=1S/C12H10Cl2N/c13-11-5-4-10(8-12(11)14)9-15-6-2-1-3-7-15/h1-8H,9H2/q+1. The van der Waals surface area contributed by atoms with Crippen molar-refractivity contribution in [2.45, 2.75) is 6.54 Å². The summed E-state index contributed by atoms with van der Waals surface area (Å²) >= 11 is 11.8. The quantitative estimate of drug-likeness (QED) is 0.707. The molecule has 0 amide bonds. The number of hydrogen-bond donors (Lipinski definition) is 0. The van der Waals surface area contributed by atoms with Crippen molar-refractivity contribution in [3.05, 3.63) is 64.4 Å². The van der Waals surface area contributed by atoms with Crippen LogP contribution in [0, 0.1) is 0 Å². The predicted octanol–water partition coefficient (Wildman–Crippen LogP) is 3.33. The van der Waals surface area contributed by atoms with E-state index in [1.807, 2.05) is 48.8 Å². The van der Waals surface area contributed by atoms with Gasteiger partial charge in [0.25, 0.3) is 0 Å². The lowest BCUT2D eigenvalue weighted by Gasteiger charge is -1.99. The molecule has 0 radical (unpaired) electrons. The molecule has 0 saturated carbocycles. The van der Waals surface area contributed by atoms with E-state index in [2.05, 4.69) is 4.57 Å². The number of aromatic nitrogens is 1. The van der Waals surface area contributed by atoms with Gasteiger partial charge in [-0.05, 0) is 12.1 Å². The molecule has 1 heterocycles. The Bertz CT molecular complexity index is 454. The summed E-state index contributed by atoms with van der Waals surface area (Å²) in [7, 11) is 0. The van der Waals surface area contributed by atoms with Gasteiger partial charge >= 0.3 is 0 Å². The fourth-order valence-electron chi connectivity index (χ4n) is 1.39. The zero-order valence-electron chi connectivity index (χ0n) is 8.03. The van der Waals surface area contributed by atoms with Gasteiger partial charge in [0.15, 0.2) is 18.9 Å². The molecule has 2 rings (SSSR count). The van der Waals surface area contributed by atoms with Crippen molar-refractivity contribution in [3.63, 3.8) is 0 Å². The normalized spacial score (nSPS) is 10.3. The highest BCUT2D eigenvalue weighted by Crippen LogP contribution is 2.22. The number of nitrogens with zero attached hydrogens (tertiary/aromatic N) is 1. The number of benzene rings is 1. The summed E-state index contributed by atoms with van der Waals surface area (Å²) in [5.41, 5.74) is 1.14. The second kappa shape index (κ2) is 4.65. The van der Waals surface area contributed by atoms with Gasteiger partial charge in [-0.3, -0.25) is 0 Å². The number of halogens is 2. The first-order chi connectivity index (χ1) is 7.25. The molecule has 15 heavy (non-hydrogen) atoms. The molecule has 0 aliphatic rings. The van der Waals surface area contributed by atoms with Crippen molar-refractivity contribution >= 4 is 23.2 Å². The third-order valence-electron chi connectivity index (χ3n) is 2.13. The van der Waals surface area contributed by atoms with Gasteiger partial charge < -0.3 is 0 Å². The van der Waals surface area contributed by atoms with Crippen molar-refractivity contribution in [1.29, 1.82) is 0 Å². The lowest BCUT2D eigenvalue weighted by Crippen LogP contribution is -2.32. The SMILES string of the molecule is Clc1ccc(C[n+]2ccccc2)cc1Cl. The predicted molar refractivity (Wildman–Crippen MR) is 62.2 cm³/mol. The van der Waals surface area contributed by atoms with E-state index in [4.69, 9.17) is 23.2 Å². The minimum absolute atomic E-state index is 0.596. The van der Waals surface area contributed by atoms with Crippen LogP contribution in [0.3, 0.4) is 0 Å². The van der Waals surface area contributed by atoms with Crippen LogP contribution >= 0.6 is 23.2 Å². The van der Waals surface area contributed by atoms with Gasteiger partial charge in [0.05, 0.1) is 10.0 Å². The first kappa shape index (κ1) is 10.5. The first-order valence-electron chi connectivity index (χ1n) is 4.64. The van der Waals surface area contributed by atoms with Gasteiger partial charge in [-0.1, -0.05) is 35.3 Å². The van der Waals surface area contributed by atoms with Gasteiger partial charge in [-0.15, -0.1) is 0 Å². The Balaban J connectivity index is 2.22. The molecule has 0 bridgehead atoms. The molecule has 0 N–H and O–H groups in total. The second-order valence-corrected chi connectivity index (χ2v) is 4.11. The molecular weight excluding hydrogens is 229 g/mol. The Morgan fingerprint density at radius 1 is 0.933 bits per heavy atom. The van der Waals surface area contributed by atoms with Crippen LogP contribution < -0.4 is 4.57 Å². The molecule has 0 spiro atoms. The smallest absolute Gasteiger partial charge is 0.173 e. The molecule has 1 aromatic carbocycles. The monoisotopic (exact) mass is 238 g/mol. The van der Waals surface area contributed by atoms with Crippen LogP contribution in [0.5, 0.6) is 0 Å². The number of pyridine rings is 1. The van der Waals surface area contributed by atoms with Gasteiger partial charge in [0.2, 0.25) is 0 Å². The second-order valence-electron chi connectivity index (χ2n) is 3.30. The number of hydrogen-bond acceptors (Lipinski definition) is 0. The maximum absolute atomic E-state index is 5.94. The van der Waals surface area contributed by atoms with E-state index in [1.54, 1.807) is 0 Å². The number of rotatable bonds is 2. The molecule has 76 valence electrons. The Hall–Kier alpha value is -1.05. The summed E-state index contributed by atoms with van der Waals surface area (Å²) < 4.78 is 2.08. The van der Waals surface area contributed by atoms with Gasteiger partial charge in [0, 0.05) is 17.7 Å². The minimum Gasteiger partial charge on any atom is -0.201 e. The molecule has 0 fully saturated rings. The van der Waals surface area contributed by atoms with Crippen LogP contribution in [0.25, 0.3) is 0 Å². The summed E-state index contributed by atoms with van der Waals surface area (Å²) in [6.07, 6.45) is 4.03. The minimum atomic E-state index is 0.596. The van der Waals surface area contributed by atoms with E-state index in [-0.39, 0.29) is 0 Å². The average molecular weight is 239 g/mol. The van der Waals surface area contributed by atoms with E-state index >= 15 is 0 Å². The summed E-state index contributed by atoms with van der Waals surface area (Å²) in [6, 6.07) is 11.7. The molecular formula is C12H10Cl2N+. The molecule has 2 aromatic rings. The Labute approximate surface area is 98.9 Å². The summed E-state index contributed by atoms with van der Waals surface area (Å²) in [5.74, 6) is 0. The lowest BCUT2D eigenvalue weighted by molar-refractivity contribution is -0.688. The summed E-state index contributed by atoms with van der Waals surface area (Å²) in [6.45, 7) is 0.803. The van der Waals surface area contributed by atoms with E-state index in [0.29, 0.717) is 10.0 Å². The molecule has 0 atom stereocenters. The Kier molecular flexibility index (Phi) is 3.24. The molecule has 0 saturated heterocycles. The highest BCUT2D eigenvalue weighted by Gasteiger charge is 2.03. The molecule has 3 heteroatoms. The van der Waals surface area contributed by atoms with Gasteiger partial charge in [-0.25, -0.2) is 4.57 Å². The van der Waals surface area contributed by atoms with Crippen molar-refractivity contribution < 1.29 is 4.57 Å². The van der Waals surface area contributed by atoms with Crippen molar-refractivity contribution in [2.75, 3.05) is 0 Å². The van der Waals surface area contributed by atoms with E-state index in [9.17, 15) is 0 Å². The van der Waals surface area contributed by atoms with E-state index in [1.165, 1.54) is 0 Å². The third-order valence-corrected chi connectivity index (χ3v) is 2.87. The maximum Gasteiger partial charge on any atom is 0.173 e. The largest absolute Gasteiger partial charge is 0.201 e. The molecule has 1 nitrogen and oxygen atoms in total. The highest BCUT2D eigenvalue weighted by molar-refractivity contribution is 6.41. The Morgan fingerprint density at radius 2 is 1.67 bits per heavy atom. The van der Waals surface area contributed by atoms with Crippen LogP contribution in [-0.2, 0) is 6.54 Å². The van der Waals surface area contributed by atoms with Crippen LogP contribution in [-0.4, -0.2) is 0 Å². The zero-order chi connectivity index (χ0) is 10.7. The topological polar surface area (TPSA) is 3.88 Å². The highest BCUT2D eigenvalue weighted by atomic mass is 35.5. The lowest BCUT2D eigenvalue weighted by atomic mass is 10.2. The molecule has 0 aliphatic heterocycles. The fourth-order valence-corrected chi connectivity index (χ4v) is 1.71. The first-order valence-corrected chi connectivity index (χ1v) is 5.39. The molecule has 1 aromatic heterocycles. The summed E-state index contributed by atoms with van der Waals surface area (Å²) in [5, 5.41) is 1.20. The van der Waals surface area contributed by atoms with Crippen LogP contribution in [0.15, 0.2) is 48.8 Å². The maximum atomic E-state index is 5.94. The van der Waals surface area contributed by atoms with Crippen molar-refractivity contribution in [3.8, 4) is 0 Å². The molecule has 0 aliphatic carbocycles. The van der Waals surface area contributed by atoms with Crippen LogP contribution in [0.1, 0.15) is 5.56 Å². The fraction of sp³-hybridized carbons (Fsp3) is 0.0833.